The summed E-state index contributed by atoms with van der Waals surface area (Å²) in [6, 6.07) is 0.320. The van der Waals surface area contributed by atoms with Gasteiger partial charge in [0.25, 0.3) is 0 Å². The quantitative estimate of drug-likeness (QED) is 0.822. The predicted octanol–water partition coefficient (Wildman–Crippen LogP) is 2.84. The van der Waals surface area contributed by atoms with Crippen LogP contribution in [0.2, 0.25) is 0 Å². The molecule has 1 saturated carbocycles. The molecule has 6 heteroatoms. The number of hydrogen-bond donors (Lipinski definition) is 0. The average Bonchev–Trinajstić information content (AvgIpc) is 3.25. The van der Waals surface area contributed by atoms with Gasteiger partial charge in [-0.2, -0.15) is 5.10 Å². The molecular weight excluding hydrogens is 316 g/mol. The van der Waals surface area contributed by atoms with Gasteiger partial charge in [0, 0.05) is 38.0 Å². The second-order valence-electron chi connectivity index (χ2n) is 7.69. The van der Waals surface area contributed by atoms with Gasteiger partial charge in [-0.3, -0.25) is 9.36 Å². The van der Waals surface area contributed by atoms with Gasteiger partial charge in [0.2, 0.25) is 5.91 Å². The first-order valence-corrected chi connectivity index (χ1v) is 10.0. The summed E-state index contributed by atoms with van der Waals surface area (Å²) >= 11 is 0. The van der Waals surface area contributed by atoms with E-state index < -0.39 is 0 Å². The highest BCUT2D eigenvalue weighted by molar-refractivity contribution is 5.78. The van der Waals surface area contributed by atoms with E-state index in [2.05, 4.69) is 18.9 Å². The summed E-state index contributed by atoms with van der Waals surface area (Å²) < 4.78 is 3.46. The number of likely N-dealkylation sites (tertiary alicyclic amines) is 1. The van der Waals surface area contributed by atoms with E-state index in [1.165, 1.54) is 17.5 Å². The second-order valence-corrected chi connectivity index (χ2v) is 7.69. The summed E-state index contributed by atoms with van der Waals surface area (Å²) in [5.74, 6) is 1.70. The van der Waals surface area contributed by atoms with E-state index in [-0.39, 0.29) is 11.6 Å². The lowest BCUT2D eigenvalue weighted by molar-refractivity contribution is -0.136. The lowest BCUT2D eigenvalue weighted by Gasteiger charge is -2.34. The summed E-state index contributed by atoms with van der Waals surface area (Å²) in [6.45, 7) is 5.75. The Morgan fingerprint density at radius 3 is 2.28 bits per heavy atom. The van der Waals surface area contributed by atoms with Crippen LogP contribution in [0.1, 0.15) is 83.0 Å². The maximum Gasteiger partial charge on any atom is 0.345 e. The van der Waals surface area contributed by atoms with Crippen molar-refractivity contribution in [2.45, 2.75) is 77.2 Å². The number of piperidine rings is 1. The topological polar surface area (TPSA) is 60.1 Å². The monoisotopic (exact) mass is 348 g/mol. The lowest BCUT2D eigenvalue weighted by Crippen LogP contribution is -2.41. The first-order chi connectivity index (χ1) is 12.1. The molecule has 1 aromatic rings. The fourth-order valence-electron chi connectivity index (χ4n) is 4.54. The number of aryl methyl sites for hydroxylation is 1. The Bertz CT molecular complexity index is 645. The van der Waals surface area contributed by atoms with Crippen LogP contribution < -0.4 is 5.69 Å². The number of rotatable bonds is 5. The van der Waals surface area contributed by atoms with Crippen LogP contribution in [-0.2, 0) is 11.8 Å². The van der Waals surface area contributed by atoms with E-state index in [1.54, 1.807) is 7.05 Å². The third-order valence-corrected chi connectivity index (χ3v) is 6.18. The Morgan fingerprint density at radius 1 is 1.12 bits per heavy atom. The van der Waals surface area contributed by atoms with Gasteiger partial charge in [-0.05, 0) is 38.5 Å². The summed E-state index contributed by atoms with van der Waals surface area (Å²) in [4.78, 5) is 27.2. The van der Waals surface area contributed by atoms with E-state index >= 15 is 0 Å². The minimum Gasteiger partial charge on any atom is -0.342 e. The van der Waals surface area contributed by atoms with Gasteiger partial charge in [0.05, 0.1) is 0 Å². The lowest BCUT2D eigenvalue weighted by atomic mass is 9.93. The van der Waals surface area contributed by atoms with Crippen molar-refractivity contribution in [1.29, 1.82) is 0 Å². The van der Waals surface area contributed by atoms with E-state index in [1.807, 2.05) is 9.47 Å². The van der Waals surface area contributed by atoms with Crippen molar-refractivity contribution in [3.8, 4) is 0 Å². The molecule has 0 aromatic carbocycles. The normalized spacial score (nSPS) is 19.9. The molecule has 0 atom stereocenters. The van der Waals surface area contributed by atoms with Crippen molar-refractivity contribution in [3.63, 3.8) is 0 Å². The Balaban J connectivity index is 1.72. The van der Waals surface area contributed by atoms with Crippen LogP contribution in [0.15, 0.2) is 4.79 Å². The molecule has 1 aliphatic carbocycles. The molecule has 25 heavy (non-hydrogen) atoms. The number of hydrogen-bond acceptors (Lipinski definition) is 3. The van der Waals surface area contributed by atoms with Crippen molar-refractivity contribution in [2.24, 2.45) is 13.0 Å². The highest BCUT2D eigenvalue weighted by atomic mass is 16.2. The third kappa shape index (κ3) is 3.53. The smallest absolute Gasteiger partial charge is 0.342 e. The number of amides is 1. The first kappa shape index (κ1) is 18.2. The minimum absolute atomic E-state index is 0.0254. The molecule has 2 fully saturated rings. The third-order valence-electron chi connectivity index (χ3n) is 6.18. The molecule has 1 aliphatic heterocycles. The zero-order chi connectivity index (χ0) is 18.0. The molecule has 6 nitrogen and oxygen atoms in total. The van der Waals surface area contributed by atoms with Crippen LogP contribution in [0.25, 0.3) is 0 Å². The van der Waals surface area contributed by atoms with E-state index in [9.17, 15) is 9.59 Å². The maximum absolute atomic E-state index is 12.6. The van der Waals surface area contributed by atoms with Crippen LogP contribution in [0, 0.1) is 5.92 Å². The summed E-state index contributed by atoms with van der Waals surface area (Å²) in [5.41, 5.74) is 0.0254. The summed E-state index contributed by atoms with van der Waals surface area (Å²) in [5, 5.41) is 4.58. The minimum atomic E-state index is 0.0254. The highest BCUT2D eigenvalue weighted by Crippen LogP contribution is 2.33. The van der Waals surface area contributed by atoms with Gasteiger partial charge in [0.15, 0.2) is 0 Å². The number of carbonyl (C=O) groups is 1. The molecule has 0 spiro atoms. The Morgan fingerprint density at radius 2 is 1.72 bits per heavy atom. The van der Waals surface area contributed by atoms with E-state index in [0.717, 1.165) is 57.4 Å². The van der Waals surface area contributed by atoms with Crippen molar-refractivity contribution in [1.82, 2.24) is 19.2 Å². The number of nitrogens with zero attached hydrogens (tertiary/aromatic N) is 4. The van der Waals surface area contributed by atoms with Crippen LogP contribution in [0.5, 0.6) is 0 Å². The van der Waals surface area contributed by atoms with Gasteiger partial charge >= 0.3 is 5.69 Å². The molecule has 0 unspecified atom stereocenters. The molecule has 3 rings (SSSR count). The van der Waals surface area contributed by atoms with Gasteiger partial charge < -0.3 is 4.90 Å². The molecule has 1 saturated heterocycles. The highest BCUT2D eigenvalue weighted by Gasteiger charge is 2.32. The molecule has 2 aliphatic rings. The molecule has 0 N–H and O–H groups in total. The van der Waals surface area contributed by atoms with Crippen LogP contribution in [-0.4, -0.2) is 38.2 Å². The fourth-order valence-corrected chi connectivity index (χ4v) is 4.54. The van der Waals surface area contributed by atoms with E-state index in [4.69, 9.17) is 0 Å². The Kier molecular flexibility index (Phi) is 5.64. The van der Waals surface area contributed by atoms with Crippen molar-refractivity contribution < 1.29 is 4.79 Å². The van der Waals surface area contributed by atoms with Crippen molar-refractivity contribution >= 4 is 5.91 Å². The molecular formula is C19H32N4O2. The molecule has 1 amide bonds. The summed E-state index contributed by atoms with van der Waals surface area (Å²) in [6.07, 6.45) is 8.23. The Labute approximate surface area is 150 Å². The Hall–Kier alpha value is -1.59. The largest absolute Gasteiger partial charge is 0.345 e. The zero-order valence-electron chi connectivity index (χ0n) is 15.9. The van der Waals surface area contributed by atoms with Gasteiger partial charge in [-0.1, -0.05) is 26.7 Å². The number of aromatic nitrogens is 3. The second kappa shape index (κ2) is 7.75. The van der Waals surface area contributed by atoms with Gasteiger partial charge in [-0.25, -0.2) is 9.48 Å². The first-order valence-electron chi connectivity index (χ1n) is 10.0. The van der Waals surface area contributed by atoms with E-state index in [0.29, 0.717) is 17.9 Å². The average molecular weight is 348 g/mol. The molecule has 1 aromatic heterocycles. The SMILES string of the molecule is CCC(CC)C(=O)N1CCC(c2nn(C)c(=O)n2C2CCCC2)CC1. The van der Waals surface area contributed by atoms with Crippen molar-refractivity contribution in [3.05, 3.63) is 16.3 Å². The number of carbonyl (C=O) groups excluding carboxylic acids is 1. The van der Waals surface area contributed by atoms with Crippen LogP contribution >= 0.6 is 0 Å². The van der Waals surface area contributed by atoms with Gasteiger partial charge in [0.1, 0.15) is 5.82 Å². The standard InChI is InChI=1S/C19H32N4O2/c1-4-14(5-2)18(24)22-12-10-15(11-13-22)17-20-21(3)19(25)23(17)16-8-6-7-9-16/h14-16H,4-13H2,1-3H3. The fraction of sp³-hybridized carbons (Fsp3) is 0.842. The maximum atomic E-state index is 12.6. The predicted molar refractivity (Wildman–Crippen MR) is 97.6 cm³/mol. The van der Waals surface area contributed by atoms with Crippen LogP contribution in [0.3, 0.4) is 0 Å². The molecule has 2 heterocycles. The van der Waals surface area contributed by atoms with Crippen molar-refractivity contribution in [2.75, 3.05) is 13.1 Å². The molecule has 0 radical (unpaired) electrons. The molecule has 140 valence electrons. The summed E-state index contributed by atoms with van der Waals surface area (Å²) in [7, 11) is 1.75. The van der Waals surface area contributed by atoms with Gasteiger partial charge in [-0.15, -0.1) is 0 Å². The molecule has 0 bridgehead atoms. The zero-order valence-corrected chi connectivity index (χ0v) is 15.9. The van der Waals surface area contributed by atoms with Crippen LogP contribution in [0.4, 0.5) is 0 Å².